The van der Waals surface area contributed by atoms with Gasteiger partial charge in [-0.25, -0.2) is 0 Å². The molecule has 4 nitrogen and oxygen atoms in total. The van der Waals surface area contributed by atoms with Crippen molar-refractivity contribution in [1.29, 1.82) is 0 Å². The minimum atomic E-state index is 0.0168. The molecule has 26 heavy (non-hydrogen) atoms. The number of hydrogen-bond acceptors (Lipinski definition) is 4. The zero-order chi connectivity index (χ0) is 18.3. The van der Waals surface area contributed by atoms with Crippen LogP contribution in [0.3, 0.4) is 0 Å². The Bertz CT molecular complexity index is 930. The fourth-order valence-corrected chi connectivity index (χ4v) is 3.73. The average molecular weight is 348 g/mol. The molecule has 3 aromatic rings. The lowest BCUT2D eigenvalue weighted by molar-refractivity contribution is 0.245. The molecule has 4 rings (SSSR count). The van der Waals surface area contributed by atoms with E-state index < -0.39 is 0 Å². The molecule has 3 N–H and O–H groups in total. The minimum absolute atomic E-state index is 0.0168. The van der Waals surface area contributed by atoms with Crippen molar-refractivity contribution in [2.45, 2.75) is 18.8 Å². The van der Waals surface area contributed by atoms with Crippen LogP contribution in [0, 0.1) is 6.92 Å². The molecular weight excluding hydrogens is 328 g/mol. The zero-order valence-electron chi connectivity index (χ0n) is 14.4. The van der Waals surface area contributed by atoms with Crippen molar-refractivity contribution in [2.24, 2.45) is 0 Å². The van der Waals surface area contributed by atoms with Gasteiger partial charge >= 0.3 is 0 Å². The highest BCUT2D eigenvalue weighted by atomic mass is 16.5. The third-order valence-electron chi connectivity index (χ3n) is 5.13. The first-order chi connectivity index (χ1) is 12.5. The molecule has 0 bridgehead atoms. The molecule has 132 valence electrons. The van der Waals surface area contributed by atoms with E-state index in [1.165, 1.54) is 0 Å². The lowest BCUT2D eigenvalue weighted by Crippen LogP contribution is -2.25. The Labute approximate surface area is 151 Å². The summed E-state index contributed by atoms with van der Waals surface area (Å²) in [5.41, 5.74) is 3.87. The van der Waals surface area contributed by atoms with Crippen molar-refractivity contribution < 1.29 is 20.1 Å². The highest BCUT2D eigenvalue weighted by Gasteiger charge is 2.34. The van der Waals surface area contributed by atoms with Crippen LogP contribution in [-0.4, -0.2) is 21.9 Å². The van der Waals surface area contributed by atoms with Crippen molar-refractivity contribution in [1.82, 2.24) is 0 Å². The fourth-order valence-electron chi connectivity index (χ4n) is 3.73. The van der Waals surface area contributed by atoms with Gasteiger partial charge in [-0.2, -0.15) is 0 Å². The van der Waals surface area contributed by atoms with E-state index in [0.717, 1.165) is 28.0 Å². The van der Waals surface area contributed by atoms with E-state index in [1.807, 2.05) is 37.3 Å². The van der Waals surface area contributed by atoms with Gasteiger partial charge in [0.25, 0.3) is 0 Å². The number of benzene rings is 3. The summed E-state index contributed by atoms with van der Waals surface area (Å²) in [5, 5.41) is 29.3. The summed E-state index contributed by atoms with van der Waals surface area (Å²) in [6.45, 7) is 2.32. The standard InChI is InChI=1S/C22H20O4/c1-13-20(25)11-10-18-21(15-4-8-17(24)9-5-15)19(12-26-22(13)18)14-2-6-16(23)7-3-14/h2-11,19,21,23-25H,12H2,1H3/t19-,21-/m0/s1. The molecular formula is C22H20O4. The molecule has 1 aliphatic rings. The molecule has 0 aliphatic carbocycles. The molecule has 2 atom stereocenters. The normalized spacial score (nSPS) is 18.8. The van der Waals surface area contributed by atoms with Crippen LogP contribution in [-0.2, 0) is 0 Å². The van der Waals surface area contributed by atoms with Crippen LogP contribution in [0.15, 0.2) is 60.7 Å². The molecule has 0 saturated carbocycles. The minimum Gasteiger partial charge on any atom is -0.508 e. The Kier molecular flexibility index (Phi) is 3.96. The van der Waals surface area contributed by atoms with E-state index in [2.05, 4.69) is 0 Å². The Balaban J connectivity index is 1.87. The predicted octanol–water partition coefficient (Wildman–Crippen LogP) is 4.42. The van der Waals surface area contributed by atoms with Crippen molar-refractivity contribution in [3.05, 3.63) is 82.9 Å². The average Bonchev–Trinajstić information content (AvgIpc) is 2.65. The van der Waals surface area contributed by atoms with Crippen molar-refractivity contribution in [2.75, 3.05) is 6.61 Å². The number of rotatable bonds is 2. The van der Waals surface area contributed by atoms with Gasteiger partial charge < -0.3 is 20.1 Å². The number of aromatic hydroxyl groups is 3. The van der Waals surface area contributed by atoms with Crippen molar-refractivity contribution in [3.63, 3.8) is 0 Å². The van der Waals surface area contributed by atoms with E-state index in [1.54, 1.807) is 30.3 Å². The Morgan fingerprint density at radius 3 is 1.96 bits per heavy atom. The number of ether oxygens (including phenoxy) is 1. The lowest BCUT2D eigenvalue weighted by atomic mass is 9.75. The SMILES string of the molecule is Cc1c(O)ccc2c1OC[C@@H](c1ccc(O)cc1)[C@H]2c1ccc(O)cc1. The van der Waals surface area contributed by atoms with E-state index in [0.29, 0.717) is 6.61 Å². The first kappa shape index (κ1) is 16.3. The molecule has 0 amide bonds. The second kappa shape index (κ2) is 6.30. The number of fused-ring (bicyclic) bond motifs is 1. The first-order valence-corrected chi connectivity index (χ1v) is 8.57. The summed E-state index contributed by atoms with van der Waals surface area (Å²) in [7, 11) is 0. The molecule has 1 heterocycles. The van der Waals surface area contributed by atoms with Crippen LogP contribution in [0.2, 0.25) is 0 Å². The largest absolute Gasteiger partial charge is 0.508 e. The van der Waals surface area contributed by atoms with Crippen LogP contribution in [0.25, 0.3) is 0 Å². The Morgan fingerprint density at radius 2 is 1.35 bits per heavy atom. The van der Waals surface area contributed by atoms with Crippen molar-refractivity contribution >= 4 is 0 Å². The summed E-state index contributed by atoms with van der Waals surface area (Å²) in [4.78, 5) is 0. The maximum atomic E-state index is 10.0. The molecule has 0 fully saturated rings. The van der Waals surface area contributed by atoms with E-state index in [4.69, 9.17) is 4.74 Å². The van der Waals surface area contributed by atoms with Gasteiger partial charge in [0.15, 0.2) is 0 Å². The molecule has 4 heteroatoms. The second-order valence-electron chi connectivity index (χ2n) is 6.71. The lowest BCUT2D eigenvalue weighted by Gasteiger charge is -2.35. The van der Waals surface area contributed by atoms with Crippen LogP contribution in [0.4, 0.5) is 0 Å². The number of phenols is 3. The van der Waals surface area contributed by atoms with Gasteiger partial charge in [-0.15, -0.1) is 0 Å². The van der Waals surface area contributed by atoms with E-state index in [-0.39, 0.29) is 29.1 Å². The van der Waals surface area contributed by atoms with Gasteiger partial charge in [-0.05, 0) is 48.4 Å². The topological polar surface area (TPSA) is 69.9 Å². The van der Waals surface area contributed by atoms with Crippen molar-refractivity contribution in [3.8, 4) is 23.0 Å². The predicted molar refractivity (Wildman–Crippen MR) is 99.1 cm³/mol. The van der Waals surface area contributed by atoms with Crippen LogP contribution < -0.4 is 4.74 Å². The Hall–Kier alpha value is -3.14. The third kappa shape index (κ3) is 2.73. The zero-order valence-corrected chi connectivity index (χ0v) is 14.4. The van der Waals surface area contributed by atoms with Gasteiger partial charge in [-0.3, -0.25) is 0 Å². The van der Waals surface area contributed by atoms with Gasteiger partial charge in [0.1, 0.15) is 23.0 Å². The summed E-state index contributed by atoms with van der Waals surface area (Å²) >= 11 is 0. The summed E-state index contributed by atoms with van der Waals surface area (Å²) in [6, 6.07) is 18.0. The molecule has 0 saturated heterocycles. The molecule has 0 unspecified atom stereocenters. The van der Waals surface area contributed by atoms with Crippen LogP contribution in [0.1, 0.15) is 34.1 Å². The van der Waals surface area contributed by atoms with Gasteiger partial charge in [0, 0.05) is 23.0 Å². The highest BCUT2D eigenvalue weighted by molar-refractivity contribution is 5.55. The molecule has 0 spiro atoms. The summed E-state index contributed by atoms with van der Waals surface area (Å²) < 4.78 is 6.04. The van der Waals surface area contributed by atoms with Gasteiger partial charge in [0.05, 0.1) is 6.61 Å². The Morgan fingerprint density at radius 1 is 0.769 bits per heavy atom. The quantitative estimate of drug-likeness (QED) is 0.641. The van der Waals surface area contributed by atoms with Gasteiger partial charge in [-0.1, -0.05) is 30.3 Å². The maximum absolute atomic E-state index is 10.0. The maximum Gasteiger partial charge on any atom is 0.129 e. The summed E-state index contributed by atoms with van der Waals surface area (Å²) in [6.07, 6.45) is 0. The first-order valence-electron chi connectivity index (χ1n) is 8.57. The van der Waals surface area contributed by atoms with Crippen LogP contribution >= 0.6 is 0 Å². The summed E-state index contributed by atoms with van der Waals surface area (Å²) in [5.74, 6) is 1.46. The monoisotopic (exact) mass is 348 g/mol. The molecule has 0 aromatic heterocycles. The van der Waals surface area contributed by atoms with E-state index >= 15 is 0 Å². The smallest absolute Gasteiger partial charge is 0.129 e. The fraction of sp³-hybridized carbons (Fsp3) is 0.182. The molecule has 1 aliphatic heterocycles. The number of hydrogen-bond donors (Lipinski definition) is 3. The highest BCUT2D eigenvalue weighted by Crippen LogP contribution is 2.48. The molecule has 0 radical (unpaired) electrons. The third-order valence-corrected chi connectivity index (χ3v) is 5.13. The van der Waals surface area contributed by atoms with E-state index in [9.17, 15) is 15.3 Å². The van der Waals surface area contributed by atoms with Gasteiger partial charge in [0.2, 0.25) is 0 Å². The molecule has 3 aromatic carbocycles. The number of phenolic OH excluding ortho intramolecular Hbond substituents is 3. The second-order valence-corrected chi connectivity index (χ2v) is 6.71. The van der Waals surface area contributed by atoms with Crippen LogP contribution in [0.5, 0.6) is 23.0 Å².